The molecule has 2 aromatic rings. The molecule has 126 valence electrons. The Hall–Kier alpha value is -2.36. The number of nitrogens with one attached hydrogen (secondary N) is 1. The van der Waals surface area contributed by atoms with E-state index < -0.39 is 0 Å². The van der Waals surface area contributed by atoms with Gasteiger partial charge in [0.15, 0.2) is 0 Å². The Labute approximate surface area is 142 Å². The second-order valence-electron chi connectivity index (χ2n) is 6.24. The number of carbonyl (C=O) groups excluding carboxylic acids is 1. The predicted octanol–water partition coefficient (Wildman–Crippen LogP) is 4.39. The molecule has 1 aliphatic rings. The SMILES string of the molecule is O=C(CCc1cccc(F)c1)Nc1ccccc1N1CCCCC1. The van der Waals surface area contributed by atoms with Gasteiger partial charge in [0, 0.05) is 19.5 Å². The van der Waals surface area contributed by atoms with Crippen molar-refractivity contribution in [1.29, 1.82) is 0 Å². The number of hydrogen-bond acceptors (Lipinski definition) is 2. The molecule has 24 heavy (non-hydrogen) atoms. The van der Waals surface area contributed by atoms with Crippen LogP contribution in [0.15, 0.2) is 48.5 Å². The molecule has 0 spiro atoms. The number of para-hydroxylation sites is 2. The molecule has 0 atom stereocenters. The number of amides is 1. The van der Waals surface area contributed by atoms with Crippen LogP contribution in [-0.2, 0) is 11.2 Å². The molecule has 3 nitrogen and oxygen atoms in total. The van der Waals surface area contributed by atoms with E-state index in [4.69, 9.17) is 0 Å². The Bertz CT molecular complexity index is 696. The first kappa shape index (κ1) is 16.5. The van der Waals surface area contributed by atoms with Gasteiger partial charge in [-0.15, -0.1) is 0 Å². The van der Waals surface area contributed by atoms with E-state index in [1.165, 1.54) is 31.4 Å². The fraction of sp³-hybridized carbons (Fsp3) is 0.350. The highest BCUT2D eigenvalue weighted by Gasteiger charge is 2.15. The molecule has 1 fully saturated rings. The Morgan fingerprint density at radius 2 is 1.83 bits per heavy atom. The minimum absolute atomic E-state index is 0.0382. The smallest absolute Gasteiger partial charge is 0.224 e. The van der Waals surface area contributed by atoms with E-state index in [0.29, 0.717) is 12.8 Å². The lowest BCUT2D eigenvalue weighted by atomic mass is 10.1. The Morgan fingerprint density at radius 1 is 1.04 bits per heavy atom. The zero-order valence-corrected chi connectivity index (χ0v) is 13.8. The van der Waals surface area contributed by atoms with Gasteiger partial charge >= 0.3 is 0 Å². The van der Waals surface area contributed by atoms with Gasteiger partial charge in [-0.1, -0.05) is 24.3 Å². The highest BCUT2D eigenvalue weighted by atomic mass is 19.1. The molecule has 0 radical (unpaired) electrons. The lowest BCUT2D eigenvalue weighted by Crippen LogP contribution is -2.30. The third kappa shape index (κ3) is 4.34. The van der Waals surface area contributed by atoms with Crippen LogP contribution >= 0.6 is 0 Å². The number of anilines is 2. The summed E-state index contributed by atoms with van der Waals surface area (Å²) in [6.45, 7) is 2.08. The average molecular weight is 326 g/mol. The van der Waals surface area contributed by atoms with Crippen LogP contribution in [0, 0.1) is 5.82 Å². The van der Waals surface area contributed by atoms with Gasteiger partial charge in [-0.3, -0.25) is 4.79 Å². The van der Waals surface area contributed by atoms with Crippen LogP contribution in [0.1, 0.15) is 31.2 Å². The van der Waals surface area contributed by atoms with Crippen LogP contribution in [0.2, 0.25) is 0 Å². The number of piperidine rings is 1. The quantitative estimate of drug-likeness (QED) is 0.884. The van der Waals surface area contributed by atoms with Crippen LogP contribution in [0.3, 0.4) is 0 Å². The van der Waals surface area contributed by atoms with E-state index in [0.717, 1.165) is 30.0 Å². The maximum absolute atomic E-state index is 13.2. The fourth-order valence-electron chi connectivity index (χ4n) is 3.15. The van der Waals surface area contributed by atoms with E-state index in [1.54, 1.807) is 6.07 Å². The molecule has 1 aliphatic heterocycles. The molecule has 1 N–H and O–H groups in total. The van der Waals surface area contributed by atoms with Crippen LogP contribution < -0.4 is 10.2 Å². The molecule has 0 bridgehead atoms. The third-order valence-electron chi connectivity index (χ3n) is 4.40. The van der Waals surface area contributed by atoms with Gasteiger partial charge in [-0.2, -0.15) is 0 Å². The zero-order valence-electron chi connectivity index (χ0n) is 13.8. The predicted molar refractivity (Wildman–Crippen MR) is 95.9 cm³/mol. The highest BCUT2D eigenvalue weighted by Crippen LogP contribution is 2.28. The summed E-state index contributed by atoms with van der Waals surface area (Å²) in [6, 6.07) is 14.4. The number of aryl methyl sites for hydroxylation is 1. The van der Waals surface area contributed by atoms with Gasteiger partial charge < -0.3 is 10.2 Å². The first-order valence-corrected chi connectivity index (χ1v) is 8.60. The standard InChI is InChI=1S/C20H23FN2O/c21-17-8-6-7-16(15-17)11-12-20(24)22-18-9-2-3-10-19(18)23-13-4-1-5-14-23/h2-3,6-10,15H,1,4-5,11-14H2,(H,22,24). The van der Waals surface area contributed by atoms with E-state index in [-0.39, 0.29) is 11.7 Å². The van der Waals surface area contributed by atoms with E-state index in [2.05, 4.69) is 16.3 Å². The van der Waals surface area contributed by atoms with Crippen LogP contribution in [0.4, 0.5) is 15.8 Å². The summed E-state index contributed by atoms with van der Waals surface area (Å²) >= 11 is 0. The largest absolute Gasteiger partial charge is 0.370 e. The molecule has 0 aromatic heterocycles. The molecule has 0 aliphatic carbocycles. The Balaban J connectivity index is 1.62. The van der Waals surface area contributed by atoms with Crippen LogP contribution in [0.25, 0.3) is 0 Å². The molecule has 3 rings (SSSR count). The second kappa shape index (κ2) is 7.95. The van der Waals surface area contributed by atoms with Crippen molar-refractivity contribution in [2.75, 3.05) is 23.3 Å². The number of benzene rings is 2. The summed E-state index contributed by atoms with van der Waals surface area (Å²) < 4.78 is 13.2. The third-order valence-corrected chi connectivity index (χ3v) is 4.40. The number of nitrogens with zero attached hydrogens (tertiary/aromatic N) is 1. The van der Waals surface area contributed by atoms with Gasteiger partial charge in [0.2, 0.25) is 5.91 Å². The van der Waals surface area contributed by atoms with Gasteiger partial charge in [-0.25, -0.2) is 4.39 Å². The second-order valence-corrected chi connectivity index (χ2v) is 6.24. The molecule has 2 aromatic carbocycles. The van der Waals surface area contributed by atoms with Crippen molar-refractivity contribution >= 4 is 17.3 Å². The molecule has 0 saturated carbocycles. The van der Waals surface area contributed by atoms with Crippen LogP contribution in [0.5, 0.6) is 0 Å². The number of rotatable bonds is 5. The molecular weight excluding hydrogens is 303 g/mol. The minimum atomic E-state index is -0.261. The molecule has 1 amide bonds. The van der Waals surface area contributed by atoms with Crippen molar-refractivity contribution in [3.63, 3.8) is 0 Å². The molecular formula is C20H23FN2O. The summed E-state index contributed by atoms with van der Waals surface area (Å²) in [7, 11) is 0. The summed E-state index contributed by atoms with van der Waals surface area (Å²) in [5.74, 6) is -0.299. The van der Waals surface area contributed by atoms with Gasteiger partial charge in [-0.05, 0) is 55.5 Å². The fourth-order valence-corrected chi connectivity index (χ4v) is 3.15. The number of halogens is 1. The van der Waals surface area contributed by atoms with Crippen molar-refractivity contribution in [3.05, 3.63) is 59.9 Å². The van der Waals surface area contributed by atoms with Gasteiger partial charge in [0.25, 0.3) is 0 Å². The van der Waals surface area contributed by atoms with Crippen molar-refractivity contribution < 1.29 is 9.18 Å². The highest BCUT2D eigenvalue weighted by molar-refractivity contribution is 5.94. The molecule has 0 unspecified atom stereocenters. The lowest BCUT2D eigenvalue weighted by molar-refractivity contribution is -0.116. The summed E-state index contributed by atoms with van der Waals surface area (Å²) in [4.78, 5) is 14.6. The zero-order chi connectivity index (χ0) is 16.8. The summed E-state index contributed by atoms with van der Waals surface area (Å²) in [6.07, 6.45) is 4.55. The average Bonchev–Trinajstić information content (AvgIpc) is 2.61. The summed E-state index contributed by atoms with van der Waals surface area (Å²) in [5, 5.41) is 3.02. The van der Waals surface area contributed by atoms with Crippen molar-refractivity contribution in [2.45, 2.75) is 32.1 Å². The van der Waals surface area contributed by atoms with Crippen LogP contribution in [-0.4, -0.2) is 19.0 Å². The van der Waals surface area contributed by atoms with E-state index >= 15 is 0 Å². The van der Waals surface area contributed by atoms with E-state index in [1.807, 2.05) is 24.3 Å². The Morgan fingerprint density at radius 3 is 2.62 bits per heavy atom. The maximum Gasteiger partial charge on any atom is 0.224 e. The lowest BCUT2D eigenvalue weighted by Gasteiger charge is -2.30. The van der Waals surface area contributed by atoms with E-state index in [9.17, 15) is 9.18 Å². The first-order valence-electron chi connectivity index (χ1n) is 8.60. The van der Waals surface area contributed by atoms with Crippen molar-refractivity contribution in [2.24, 2.45) is 0 Å². The monoisotopic (exact) mass is 326 g/mol. The molecule has 1 saturated heterocycles. The number of carbonyl (C=O) groups is 1. The topological polar surface area (TPSA) is 32.3 Å². The molecule has 1 heterocycles. The van der Waals surface area contributed by atoms with Gasteiger partial charge in [0.05, 0.1) is 11.4 Å². The van der Waals surface area contributed by atoms with Gasteiger partial charge in [0.1, 0.15) is 5.82 Å². The van der Waals surface area contributed by atoms with Crippen molar-refractivity contribution in [3.8, 4) is 0 Å². The summed E-state index contributed by atoms with van der Waals surface area (Å²) in [5.41, 5.74) is 2.80. The maximum atomic E-state index is 13.2. The minimum Gasteiger partial charge on any atom is -0.370 e. The normalized spacial score (nSPS) is 14.5. The van der Waals surface area contributed by atoms with Crippen molar-refractivity contribution in [1.82, 2.24) is 0 Å². The molecule has 4 heteroatoms. The Kier molecular flexibility index (Phi) is 5.47. The first-order chi connectivity index (χ1) is 11.7. The number of hydrogen-bond donors (Lipinski definition) is 1.